The molecule has 4 heteroatoms. The fraction of sp³-hybridized carbons (Fsp3) is 0.294. The van der Waals surface area contributed by atoms with Crippen LogP contribution in [0.15, 0.2) is 46.9 Å². The van der Waals surface area contributed by atoms with Crippen molar-refractivity contribution in [2.75, 3.05) is 19.4 Å². The van der Waals surface area contributed by atoms with Crippen molar-refractivity contribution in [2.45, 2.75) is 19.5 Å². The SMILES string of the molecule is CC(Nc1cccc(CN(C)C)c1)c1cc(Br)ccc1F. The highest BCUT2D eigenvalue weighted by Gasteiger charge is 2.11. The third-order valence-electron chi connectivity index (χ3n) is 3.23. The second kappa shape index (κ2) is 7.05. The van der Waals surface area contributed by atoms with Crippen LogP contribution in [0.2, 0.25) is 0 Å². The lowest BCUT2D eigenvalue weighted by Crippen LogP contribution is -2.12. The van der Waals surface area contributed by atoms with E-state index in [9.17, 15) is 4.39 Å². The number of benzene rings is 2. The monoisotopic (exact) mass is 350 g/mol. The fourth-order valence-corrected chi connectivity index (χ4v) is 2.68. The maximum atomic E-state index is 13.9. The Morgan fingerprint density at radius 2 is 1.95 bits per heavy atom. The van der Waals surface area contributed by atoms with Crippen molar-refractivity contribution >= 4 is 21.6 Å². The quantitative estimate of drug-likeness (QED) is 0.831. The molecule has 0 saturated carbocycles. The normalized spacial score (nSPS) is 12.5. The maximum Gasteiger partial charge on any atom is 0.128 e. The summed E-state index contributed by atoms with van der Waals surface area (Å²) in [4.78, 5) is 2.12. The van der Waals surface area contributed by atoms with Gasteiger partial charge in [0.25, 0.3) is 0 Å². The van der Waals surface area contributed by atoms with Crippen LogP contribution < -0.4 is 5.32 Å². The first-order valence-electron chi connectivity index (χ1n) is 6.91. The van der Waals surface area contributed by atoms with Crippen LogP contribution in [0, 0.1) is 5.82 Å². The van der Waals surface area contributed by atoms with Gasteiger partial charge in [-0.2, -0.15) is 0 Å². The zero-order valence-corrected chi connectivity index (χ0v) is 14.1. The standard InChI is InChI=1S/C17H20BrFN2/c1-12(16-10-14(18)7-8-17(16)19)20-15-6-4-5-13(9-15)11-21(2)3/h4-10,12,20H,11H2,1-3H3. The van der Waals surface area contributed by atoms with Crippen molar-refractivity contribution in [2.24, 2.45) is 0 Å². The van der Waals surface area contributed by atoms with E-state index in [2.05, 4.69) is 38.3 Å². The van der Waals surface area contributed by atoms with E-state index in [-0.39, 0.29) is 11.9 Å². The largest absolute Gasteiger partial charge is 0.378 e. The molecule has 0 saturated heterocycles. The van der Waals surface area contributed by atoms with E-state index in [4.69, 9.17) is 0 Å². The molecule has 0 bridgehead atoms. The summed E-state index contributed by atoms with van der Waals surface area (Å²) >= 11 is 3.39. The number of hydrogen-bond acceptors (Lipinski definition) is 2. The molecule has 21 heavy (non-hydrogen) atoms. The summed E-state index contributed by atoms with van der Waals surface area (Å²) in [7, 11) is 4.08. The van der Waals surface area contributed by atoms with Crippen LogP contribution in [0.3, 0.4) is 0 Å². The van der Waals surface area contributed by atoms with Crippen LogP contribution in [0.5, 0.6) is 0 Å². The second-order valence-electron chi connectivity index (χ2n) is 5.47. The van der Waals surface area contributed by atoms with Crippen molar-refractivity contribution < 1.29 is 4.39 Å². The lowest BCUT2D eigenvalue weighted by Gasteiger charge is -2.18. The molecule has 112 valence electrons. The Morgan fingerprint density at radius 3 is 2.67 bits per heavy atom. The molecule has 0 aromatic heterocycles. The number of rotatable bonds is 5. The summed E-state index contributed by atoms with van der Waals surface area (Å²) < 4.78 is 14.8. The topological polar surface area (TPSA) is 15.3 Å². The molecule has 1 unspecified atom stereocenters. The minimum Gasteiger partial charge on any atom is -0.378 e. The molecular weight excluding hydrogens is 331 g/mol. The third-order valence-corrected chi connectivity index (χ3v) is 3.73. The zero-order valence-electron chi connectivity index (χ0n) is 12.5. The molecule has 0 heterocycles. The van der Waals surface area contributed by atoms with Crippen LogP contribution in [-0.2, 0) is 6.54 Å². The van der Waals surface area contributed by atoms with Crippen LogP contribution in [0.25, 0.3) is 0 Å². The van der Waals surface area contributed by atoms with Crippen LogP contribution >= 0.6 is 15.9 Å². The van der Waals surface area contributed by atoms with Crippen molar-refractivity contribution in [3.8, 4) is 0 Å². The van der Waals surface area contributed by atoms with Gasteiger partial charge in [-0.15, -0.1) is 0 Å². The van der Waals surface area contributed by atoms with E-state index in [0.29, 0.717) is 5.56 Å². The first-order chi connectivity index (χ1) is 9.95. The molecule has 0 aliphatic carbocycles. The van der Waals surface area contributed by atoms with Gasteiger partial charge in [0.15, 0.2) is 0 Å². The molecular formula is C17H20BrFN2. The predicted molar refractivity (Wildman–Crippen MR) is 90.0 cm³/mol. The lowest BCUT2D eigenvalue weighted by atomic mass is 10.1. The minimum absolute atomic E-state index is 0.0999. The van der Waals surface area contributed by atoms with E-state index in [1.165, 1.54) is 11.6 Å². The first kappa shape index (κ1) is 16.0. The Labute approximate surface area is 134 Å². The molecule has 2 nitrogen and oxygen atoms in total. The average Bonchev–Trinajstić information content (AvgIpc) is 2.41. The molecule has 0 aliphatic rings. The Morgan fingerprint density at radius 1 is 1.19 bits per heavy atom. The maximum absolute atomic E-state index is 13.9. The second-order valence-corrected chi connectivity index (χ2v) is 6.39. The minimum atomic E-state index is -0.192. The predicted octanol–water partition coefficient (Wildman–Crippen LogP) is 4.82. The Bertz CT molecular complexity index is 613. The van der Waals surface area contributed by atoms with Crippen LogP contribution in [-0.4, -0.2) is 19.0 Å². The molecule has 0 spiro atoms. The first-order valence-corrected chi connectivity index (χ1v) is 7.70. The molecule has 0 fully saturated rings. The van der Waals surface area contributed by atoms with Crippen LogP contribution in [0.4, 0.5) is 10.1 Å². The number of anilines is 1. The van der Waals surface area contributed by atoms with Gasteiger partial charge in [-0.3, -0.25) is 0 Å². The van der Waals surface area contributed by atoms with Gasteiger partial charge in [0.05, 0.1) is 6.04 Å². The van der Waals surface area contributed by atoms with Gasteiger partial charge in [0, 0.05) is 22.3 Å². The van der Waals surface area contributed by atoms with Crippen molar-refractivity contribution in [3.63, 3.8) is 0 Å². The molecule has 0 radical (unpaired) electrons. The van der Waals surface area contributed by atoms with E-state index in [0.717, 1.165) is 16.7 Å². The molecule has 1 atom stereocenters. The third kappa shape index (κ3) is 4.55. The smallest absolute Gasteiger partial charge is 0.128 e. The van der Waals surface area contributed by atoms with E-state index in [1.807, 2.05) is 39.2 Å². The van der Waals surface area contributed by atoms with Gasteiger partial charge in [-0.25, -0.2) is 4.39 Å². The summed E-state index contributed by atoms with van der Waals surface area (Å²) in [5, 5.41) is 3.36. The lowest BCUT2D eigenvalue weighted by molar-refractivity contribution is 0.402. The van der Waals surface area contributed by atoms with Gasteiger partial charge in [-0.05, 0) is 56.9 Å². The molecule has 2 aromatic carbocycles. The van der Waals surface area contributed by atoms with E-state index in [1.54, 1.807) is 6.07 Å². The average molecular weight is 351 g/mol. The highest BCUT2D eigenvalue weighted by molar-refractivity contribution is 9.10. The highest BCUT2D eigenvalue weighted by atomic mass is 79.9. The highest BCUT2D eigenvalue weighted by Crippen LogP contribution is 2.25. The van der Waals surface area contributed by atoms with E-state index < -0.39 is 0 Å². The Kier molecular flexibility index (Phi) is 5.37. The van der Waals surface area contributed by atoms with E-state index >= 15 is 0 Å². The van der Waals surface area contributed by atoms with Crippen LogP contribution in [0.1, 0.15) is 24.1 Å². The van der Waals surface area contributed by atoms with Crippen molar-refractivity contribution in [3.05, 3.63) is 63.9 Å². The molecule has 2 rings (SSSR count). The van der Waals surface area contributed by atoms with Gasteiger partial charge >= 0.3 is 0 Å². The summed E-state index contributed by atoms with van der Waals surface area (Å²) in [6.07, 6.45) is 0. The Hall–Kier alpha value is -1.39. The summed E-state index contributed by atoms with van der Waals surface area (Å²) in [6, 6.07) is 13.1. The zero-order chi connectivity index (χ0) is 15.4. The Balaban J connectivity index is 2.15. The molecule has 0 aliphatic heterocycles. The van der Waals surface area contributed by atoms with Gasteiger partial charge in [0.1, 0.15) is 5.82 Å². The number of nitrogens with one attached hydrogen (secondary N) is 1. The summed E-state index contributed by atoms with van der Waals surface area (Å²) in [6.45, 7) is 2.85. The van der Waals surface area contributed by atoms with Crippen molar-refractivity contribution in [1.29, 1.82) is 0 Å². The van der Waals surface area contributed by atoms with Crippen molar-refractivity contribution in [1.82, 2.24) is 4.90 Å². The summed E-state index contributed by atoms with van der Waals surface area (Å²) in [5.74, 6) is -0.192. The fourth-order valence-electron chi connectivity index (χ4n) is 2.30. The number of halogens is 2. The van der Waals surface area contributed by atoms with Gasteiger partial charge in [-0.1, -0.05) is 28.1 Å². The van der Waals surface area contributed by atoms with Gasteiger partial charge < -0.3 is 10.2 Å². The molecule has 0 amide bonds. The number of nitrogens with zero attached hydrogens (tertiary/aromatic N) is 1. The summed E-state index contributed by atoms with van der Waals surface area (Å²) in [5.41, 5.74) is 2.88. The molecule has 2 aromatic rings. The van der Waals surface area contributed by atoms with Gasteiger partial charge in [0.2, 0.25) is 0 Å². The molecule has 1 N–H and O–H groups in total. The number of hydrogen-bond donors (Lipinski definition) is 1.